The number of methoxy groups -OCH3 is 4. The number of hydrogen-bond acceptors (Lipinski definition) is 7. The van der Waals surface area contributed by atoms with Gasteiger partial charge in [0.2, 0.25) is 0 Å². The molecule has 9 heteroatoms. The lowest BCUT2D eigenvalue weighted by atomic mass is 10.1. The van der Waals surface area contributed by atoms with E-state index in [1.807, 2.05) is 0 Å². The number of esters is 1. The first-order valence-corrected chi connectivity index (χ1v) is 9.63. The van der Waals surface area contributed by atoms with Crippen LogP contribution in [0.25, 0.3) is 0 Å². The number of carbonyl (C=O) groups is 1. The molecule has 2 aromatic carbocycles. The molecule has 0 aliphatic rings. The number of benzene rings is 2. The molecule has 0 N–H and O–H groups in total. The van der Waals surface area contributed by atoms with Crippen LogP contribution in [0.3, 0.4) is 0 Å². The Labute approximate surface area is 164 Å². The van der Waals surface area contributed by atoms with Gasteiger partial charge in [-0.3, -0.25) is 4.31 Å². The number of ether oxygens (including phenoxy) is 4. The van der Waals surface area contributed by atoms with E-state index in [1.165, 1.54) is 59.8 Å². The fourth-order valence-corrected chi connectivity index (χ4v) is 3.99. The van der Waals surface area contributed by atoms with E-state index in [-0.39, 0.29) is 27.6 Å². The molecule has 152 valence electrons. The zero-order valence-corrected chi connectivity index (χ0v) is 17.4. The summed E-state index contributed by atoms with van der Waals surface area (Å²) in [6.45, 7) is 1.74. The lowest BCUT2D eigenvalue weighted by Gasteiger charge is -2.23. The van der Waals surface area contributed by atoms with Crippen LogP contribution in [0.5, 0.6) is 17.2 Å². The average molecular weight is 409 g/mol. The van der Waals surface area contributed by atoms with Crippen LogP contribution in [0.15, 0.2) is 35.2 Å². The maximum atomic E-state index is 13.2. The third-order valence-electron chi connectivity index (χ3n) is 4.27. The lowest BCUT2D eigenvalue weighted by Crippen LogP contribution is -2.28. The summed E-state index contributed by atoms with van der Waals surface area (Å²) in [5.41, 5.74) is 0.784. The molecular weight excluding hydrogens is 386 g/mol. The molecule has 2 rings (SSSR count). The van der Waals surface area contributed by atoms with Gasteiger partial charge in [-0.05, 0) is 30.7 Å². The number of anilines is 1. The van der Waals surface area contributed by atoms with Gasteiger partial charge >= 0.3 is 5.97 Å². The summed E-state index contributed by atoms with van der Waals surface area (Å²) in [7, 11) is 2.93. The van der Waals surface area contributed by atoms with E-state index in [2.05, 4.69) is 0 Å². The second-order valence-corrected chi connectivity index (χ2v) is 7.79. The quantitative estimate of drug-likeness (QED) is 0.649. The maximum Gasteiger partial charge on any atom is 0.340 e. The molecule has 28 heavy (non-hydrogen) atoms. The number of hydrogen-bond donors (Lipinski definition) is 0. The van der Waals surface area contributed by atoms with E-state index in [4.69, 9.17) is 18.9 Å². The van der Waals surface area contributed by atoms with Crippen molar-refractivity contribution >= 4 is 21.7 Å². The normalized spacial score (nSPS) is 10.9. The van der Waals surface area contributed by atoms with E-state index in [9.17, 15) is 13.2 Å². The molecule has 0 saturated carbocycles. The Kier molecular flexibility index (Phi) is 6.40. The van der Waals surface area contributed by atoms with Gasteiger partial charge in [-0.25, -0.2) is 13.2 Å². The monoisotopic (exact) mass is 409 g/mol. The Bertz CT molecular complexity index is 986. The third kappa shape index (κ3) is 3.84. The minimum atomic E-state index is -3.97. The van der Waals surface area contributed by atoms with Crippen molar-refractivity contribution in [3.05, 3.63) is 41.5 Å². The topological polar surface area (TPSA) is 91.4 Å². The molecule has 8 nitrogen and oxygen atoms in total. The molecule has 0 bridgehead atoms. The molecule has 0 unspecified atom stereocenters. The smallest absolute Gasteiger partial charge is 0.340 e. The van der Waals surface area contributed by atoms with Crippen LogP contribution in [0.1, 0.15) is 15.9 Å². The van der Waals surface area contributed by atoms with Gasteiger partial charge in [0, 0.05) is 19.2 Å². The standard InChI is InChI=1S/C19H23NO7S/c1-12-9-13(7-8-16(12)24-3)28(22,23)20(2)15-11-18(26-5)17(25-4)10-14(15)19(21)27-6/h7-11H,1-6H3. The van der Waals surface area contributed by atoms with Gasteiger partial charge in [0.05, 0.1) is 44.6 Å². The van der Waals surface area contributed by atoms with Crippen LogP contribution in [0.4, 0.5) is 5.69 Å². The van der Waals surface area contributed by atoms with Crippen molar-refractivity contribution in [3.63, 3.8) is 0 Å². The van der Waals surface area contributed by atoms with Crippen LogP contribution in [-0.4, -0.2) is 49.9 Å². The van der Waals surface area contributed by atoms with Crippen LogP contribution in [-0.2, 0) is 14.8 Å². The van der Waals surface area contributed by atoms with Crippen molar-refractivity contribution in [2.45, 2.75) is 11.8 Å². The summed E-state index contributed by atoms with van der Waals surface area (Å²) in [6.07, 6.45) is 0. The third-order valence-corrected chi connectivity index (χ3v) is 6.04. The van der Waals surface area contributed by atoms with Gasteiger partial charge in [0.15, 0.2) is 11.5 Å². The number of sulfonamides is 1. The zero-order valence-electron chi connectivity index (χ0n) is 16.6. The van der Waals surface area contributed by atoms with Gasteiger partial charge in [-0.2, -0.15) is 0 Å². The highest BCUT2D eigenvalue weighted by molar-refractivity contribution is 7.92. The van der Waals surface area contributed by atoms with Crippen molar-refractivity contribution in [1.82, 2.24) is 0 Å². The van der Waals surface area contributed by atoms with Gasteiger partial charge in [0.1, 0.15) is 5.75 Å². The summed E-state index contributed by atoms with van der Waals surface area (Å²) in [6, 6.07) is 7.32. The summed E-state index contributed by atoms with van der Waals surface area (Å²) in [5.74, 6) is 0.419. The molecule has 0 amide bonds. The molecule has 0 spiro atoms. The zero-order chi connectivity index (χ0) is 21.1. The summed E-state index contributed by atoms with van der Waals surface area (Å²) >= 11 is 0. The molecule has 0 radical (unpaired) electrons. The first-order chi connectivity index (χ1) is 13.2. The highest BCUT2D eigenvalue weighted by Gasteiger charge is 2.28. The van der Waals surface area contributed by atoms with Crippen molar-refractivity contribution in [2.24, 2.45) is 0 Å². The summed E-state index contributed by atoms with van der Waals surface area (Å²) in [4.78, 5) is 12.3. The number of rotatable bonds is 7. The van der Waals surface area contributed by atoms with Gasteiger partial charge < -0.3 is 18.9 Å². The van der Waals surface area contributed by atoms with Crippen LogP contribution in [0, 0.1) is 6.92 Å². The van der Waals surface area contributed by atoms with Crippen LogP contribution < -0.4 is 18.5 Å². The second-order valence-electron chi connectivity index (χ2n) is 5.82. The van der Waals surface area contributed by atoms with Crippen LogP contribution >= 0.6 is 0 Å². The molecule has 0 saturated heterocycles. The van der Waals surface area contributed by atoms with Gasteiger partial charge in [-0.1, -0.05) is 0 Å². The van der Waals surface area contributed by atoms with Crippen molar-refractivity contribution < 1.29 is 32.2 Å². The van der Waals surface area contributed by atoms with Gasteiger partial charge in [0.25, 0.3) is 10.0 Å². The molecule has 0 atom stereocenters. The Balaban J connectivity index is 2.65. The predicted octanol–water partition coefficient (Wildman–Crippen LogP) is 2.63. The molecule has 0 aliphatic heterocycles. The molecular formula is C19H23NO7S. The molecule has 0 aromatic heterocycles. The Morgan fingerprint density at radius 2 is 1.46 bits per heavy atom. The highest BCUT2D eigenvalue weighted by Crippen LogP contribution is 2.37. The summed E-state index contributed by atoms with van der Waals surface area (Å²) in [5, 5.41) is 0. The van der Waals surface area contributed by atoms with Gasteiger partial charge in [-0.15, -0.1) is 0 Å². The Hall–Kier alpha value is -2.94. The number of aryl methyl sites for hydroxylation is 1. The van der Waals surface area contributed by atoms with E-state index in [0.717, 1.165) is 4.31 Å². The van der Waals surface area contributed by atoms with Crippen LogP contribution in [0.2, 0.25) is 0 Å². The molecule has 0 fully saturated rings. The average Bonchev–Trinajstić information content (AvgIpc) is 2.71. The number of nitrogens with zero attached hydrogens (tertiary/aromatic N) is 1. The predicted molar refractivity (Wildman–Crippen MR) is 104 cm³/mol. The molecule has 0 aliphatic carbocycles. The van der Waals surface area contributed by atoms with E-state index >= 15 is 0 Å². The minimum Gasteiger partial charge on any atom is -0.496 e. The largest absolute Gasteiger partial charge is 0.496 e. The maximum absolute atomic E-state index is 13.2. The summed E-state index contributed by atoms with van der Waals surface area (Å²) < 4.78 is 47.8. The van der Waals surface area contributed by atoms with Crippen molar-refractivity contribution in [3.8, 4) is 17.2 Å². The fraction of sp³-hybridized carbons (Fsp3) is 0.316. The van der Waals surface area contributed by atoms with E-state index < -0.39 is 16.0 Å². The molecule has 2 aromatic rings. The first-order valence-electron chi connectivity index (χ1n) is 8.19. The first kappa shape index (κ1) is 21.4. The number of carbonyl (C=O) groups excluding carboxylic acids is 1. The minimum absolute atomic E-state index is 0.0245. The Morgan fingerprint density at radius 3 is 1.96 bits per heavy atom. The SMILES string of the molecule is COC(=O)c1cc(OC)c(OC)cc1N(C)S(=O)(=O)c1ccc(OC)c(C)c1. The van der Waals surface area contributed by atoms with Crippen molar-refractivity contribution in [1.29, 1.82) is 0 Å². The second kappa shape index (κ2) is 8.39. The Morgan fingerprint density at radius 1 is 0.893 bits per heavy atom. The van der Waals surface area contributed by atoms with E-state index in [1.54, 1.807) is 13.0 Å². The van der Waals surface area contributed by atoms with Crippen molar-refractivity contribution in [2.75, 3.05) is 39.8 Å². The lowest BCUT2D eigenvalue weighted by molar-refractivity contribution is 0.0601. The fourth-order valence-electron chi connectivity index (χ4n) is 2.70. The molecule has 0 heterocycles. The highest BCUT2D eigenvalue weighted by atomic mass is 32.2. The van der Waals surface area contributed by atoms with E-state index in [0.29, 0.717) is 11.3 Å².